The van der Waals surface area contributed by atoms with Crippen LogP contribution in [-0.4, -0.2) is 51.0 Å². The summed E-state index contributed by atoms with van der Waals surface area (Å²) in [5.41, 5.74) is 2.07. The van der Waals surface area contributed by atoms with Crippen molar-refractivity contribution in [2.24, 2.45) is 0 Å². The number of nitrogens with zero attached hydrogens (tertiary/aromatic N) is 5. The minimum absolute atomic E-state index is 0.861. The van der Waals surface area contributed by atoms with Crippen molar-refractivity contribution in [2.75, 3.05) is 31.1 Å². The molecule has 6 nitrogen and oxygen atoms in total. The molecule has 2 aromatic heterocycles. The number of hydrogen-bond acceptors (Lipinski definition) is 5. The Bertz CT molecular complexity index is 537. The number of aromatic amines is 1. The van der Waals surface area contributed by atoms with E-state index in [4.69, 9.17) is 0 Å². The fourth-order valence-corrected chi connectivity index (χ4v) is 2.55. The fraction of sp³-hybridized carbons (Fsp3) is 0.500. The molecule has 2 aromatic rings. The van der Waals surface area contributed by atoms with Crippen LogP contribution in [0.5, 0.6) is 0 Å². The molecule has 20 heavy (non-hydrogen) atoms. The van der Waals surface area contributed by atoms with E-state index in [1.54, 1.807) is 6.20 Å². The molecule has 1 aliphatic heterocycles. The number of H-pyrrole nitrogens is 1. The van der Waals surface area contributed by atoms with Gasteiger partial charge in [-0.3, -0.25) is 4.90 Å². The summed E-state index contributed by atoms with van der Waals surface area (Å²) in [7, 11) is 0. The van der Waals surface area contributed by atoms with Gasteiger partial charge in [0.05, 0.1) is 6.54 Å². The van der Waals surface area contributed by atoms with Gasteiger partial charge in [0.15, 0.2) is 0 Å². The molecule has 1 aliphatic rings. The van der Waals surface area contributed by atoms with E-state index in [-0.39, 0.29) is 0 Å². The van der Waals surface area contributed by atoms with Gasteiger partial charge in [-0.2, -0.15) is 0 Å². The maximum atomic E-state index is 4.54. The molecule has 0 bridgehead atoms. The minimum atomic E-state index is 0.861. The number of anilines is 1. The van der Waals surface area contributed by atoms with E-state index in [1.807, 2.05) is 26.1 Å². The largest absolute Gasteiger partial charge is 0.348 e. The average Bonchev–Trinajstić information content (AvgIpc) is 2.91. The number of nitrogens with one attached hydrogen (secondary N) is 1. The second-order valence-corrected chi connectivity index (χ2v) is 5.25. The Kier molecular flexibility index (Phi) is 3.64. The lowest BCUT2D eigenvalue weighted by Crippen LogP contribution is -2.46. The lowest BCUT2D eigenvalue weighted by Gasteiger charge is -2.34. The highest BCUT2D eigenvalue weighted by Crippen LogP contribution is 2.13. The van der Waals surface area contributed by atoms with Crippen LogP contribution in [0.1, 0.15) is 17.2 Å². The van der Waals surface area contributed by atoms with Crippen LogP contribution < -0.4 is 4.90 Å². The van der Waals surface area contributed by atoms with Crippen molar-refractivity contribution >= 4 is 5.95 Å². The van der Waals surface area contributed by atoms with E-state index < -0.39 is 0 Å². The molecule has 1 saturated heterocycles. The predicted octanol–water partition coefficient (Wildman–Crippen LogP) is 1.14. The van der Waals surface area contributed by atoms with Crippen molar-refractivity contribution in [3.8, 4) is 0 Å². The number of hydrogen-bond donors (Lipinski definition) is 1. The van der Waals surface area contributed by atoms with Gasteiger partial charge >= 0.3 is 0 Å². The zero-order chi connectivity index (χ0) is 13.9. The summed E-state index contributed by atoms with van der Waals surface area (Å²) in [5.74, 6) is 1.89. The van der Waals surface area contributed by atoms with Crippen molar-refractivity contribution in [3.05, 3.63) is 35.7 Å². The van der Waals surface area contributed by atoms with Gasteiger partial charge in [-0.05, 0) is 19.9 Å². The Morgan fingerprint density at radius 3 is 2.40 bits per heavy atom. The summed E-state index contributed by atoms with van der Waals surface area (Å²) >= 11 is 0. The highest BCUT2D eigenvalue weighted by molar-refractivity contribution is 5.32. The SMILES string of the molecule is Cc1cc(C)nc(N2CCN(Cc3ncc[nH]3)CC2)n1. The van der Waals surface area contributed by atoms with Gasteiger partial charge in [0.1, 0.15) is 5.82 Å². The standard InChI is InChI=1S/C14H20N6/c1-11-9-12(2)18-14(17-11)20-7-5-19(6-8-20)10-13-15-3-4-16-13/h3-4,9H,5-8,10H2,1-2H3,(H,15,16). The van der Waals surface area contributed by atoms with Crippen LogP contribution in [0.3, 0.4) is 0 Å². The van der Waals surface area contributed by atoms with Crippen molar-refractivity contribution in [3.63, 3.8) is 0 Å². The summed E-state index contributed by atoms with van der Waals surface area (Å²) in [6.07, 6.45) is 3.67. The summed E-state index contributed by atoms with van der Waals surface area (Å²) < 4.78 is 0. The number of rotatable bonds is 3. The molecule has 0 saturated carbocycles. The van der Waals surface area contributed by atoms with E-state index in [2.05, 4.69) is 29.7 Å². The average molecular weight is 272 g/mol. The molecule has 0 spiro atoms. The molecule has 0 unspecified atom stereocenters. The summed E-state index contributed by atoms with van der Waals surface area (Å²) in [4.78, 5) is 21.2. The van der Waals surface area contributed by atoms with Gasteiger partial charge in [0.25, 0.3) is 0 Å². The van der Waals surface area contributed by atoms with Gasteiger partial charge < -0.3 is 9.88 Å². The van der Waals surface area contributed by atoms with E-state index in [1.165, 1.54) is 0 Å². The molecule has 6 heteroatoms. The quantitative estimate of drug-likeness (QED) is 0.908. The molecular weight excluding hydrogens is 252 g/mol. The molecule has 106 valence electrons. The molecule has 3 heterocycles. The summed E-state index contributed by atoms with van der Waals surface area (Å²) in [6, 6.07) is 2.01. The zero-order valence-corrected chi connectivity index (χ0v) is 12.0. The second-order valence-electron chi connectivity index (χ2n) is 5.25. The first kappa shape index (κ1) is 13.1. The van der Waals surface area contributed by atoms with Crippen molar-refractivity contribution in [1.82, 2.24) is 24.8 Å². The Labute approximate surface area is 118 Å². The topological polar surface area (TPSA) is 60.9 Å². The summed E-state index contributed by atoms with van der Waals surface area (Å²) in [6.45, 7) is 8.87. The maximum absolute atomic E-state index is 4.54. The first-order valence-corrected chi connectivity index (χ1v) is 6.98. The van der Waals surface area contributed by atoms with Crippen LogP contribution in [0.2, 0.25) is 0 Å². The first-order chi connectivity index (χ1) is 9.70. The number of aromatic nitrogens is 4. The molecule has 0 atom stereocenters. The Hall–Kier alpha value is -1.95. The van der Waals surface area contributed by atoms with Crippen molar-refractivity contribution in [1.29, 1.82) is 0 Å². The van der Waals surface area contributed by atoms with Crippen LogP contribution in [0, 0.1) is 13.8 Å². The molecule has 3 rings (SSSR count). The number of imidazole rings is 1. The van der Waals surface area contributed by atoms with E-state index in [0.717, 1.165) is 55.9 Å². The molecule has 0 radical (unpaired) electrons. The van der Waals surface area contributed by atoms with Gasteiger partial charge in [-0.15, -0.1) is 0 Å². The third-order valence-electron chi connectivity index (χ3n) is 3.55. The van der Waals surface area contributed by atoms with Crippen molar-refractivity contribution in [2.45, 2.75) is 20.4 Å². The Morgan fingerprint density at radius 2 is 1.80 bits per heavy atom. The smallest absolute Gasteiger partial charge is 0.225 e. The molecule has 0 aliphatic carbocycles. The highest BCUT2D eigenvalue weighted by Gasteiger charge is 2.19. The van der Waals surface area contributed by atoms with Crippen LogP contribution in [-0.2, 0) is 6.54 Å². The predicted molar refractivity (Wildman–Crippen MR) is 77.6 cm³/mol. The van der Waals surface area contributed by atoms with Crippen molar-refractivity contribution < 1.29 is 0 Å². The third kappa shape index (κ3) is 2.96. The lowest BCUT2D eigenvalue weighted by molar-refractivity contribution is 0.243. The molecule has 0 aromatic carbocycles. The second kappa shape index (κ2) is 5.58. The van der Waals surface area contributed by atoms with E-state index in [0.29, 0.717) is 0 Å². The molecule has 1 fully saturated rings. The Morgan fingerprint density at radius 1 is 1.10 bits per heavy atom. The van der Waals surface area contributed by atoms with Gasteiger partial charge in [0, 0.05) is 50.0 Å². The zero-order valence-electron chi connectivity index (χ0n) is 12.0. The van der Waals surface area contributed by atoms with E-state index >= 15 is 0 Å². The lowest BCUT2D eigenvalue weighted by atomic mass is 10.3. The molecule has 1 N–H and O–H groups in total. The van der Waals surface area contributed by atoms with E-state index in [9.17, 15) is 0 Å². The first-order valence-electron chi connectivity index (χ1n) is 6.98. The fourth-order valence-electron chi connectivity index (χ4n) is 2.55. The van der Waals surface area contributed by atoms with Crippen LogP contribution in [0.25, 0.3) is 0 Å². The normalized spacial score (nSPS) is 16.6. The van der Waals surface area contributed by atoms with Gasteiger partial charge in [0.2, 0.25) is 5.95 Å². The number of aryl methyl sites for hydroxylation is 2. The van der Waals surface area contributed by atoms with Crippen LogP contribution in [0.15, 0.2) is 18.5 Å². The van der Waals surface area contributed by atoms with Gasteiger partial charge in [-0.1, -0.05) is 0 Å². The molecule has 0 amide bonds. The summed E-state index contributed by atoms with van der Waals surface area (Å²) in [5, 5.41) is 0. The third-order valence-corrected chi connectivity index (χ3v) is 3.55. The molecular formula is C14H20N6. The Balaban J connectivity index is 1.60. The monoisotopic (exact) mass is 272 g/mol. The minimum Gasteiger partial charge on any atom is -0.348 e. The number of piperazine rings is 1. The van der Waals surface area contributed by atoms with Crippen LogP contribution in [0.4, 0.5) is 5.95 Å². The van der Waals surface area contributed by atoms with Gasteiger partial charge in [-0.25, -0.2) is 15.0 Å². The maximum Gasteiger partial charge on any atom is 0.225 e. The highest BCUT2D eigenvalue weighted by atomic mass is 15.3. The van der Waals surface area contributed by atoms with Crippen LogP contribution >= 0.6 is 0 Å².